The highest BCUT2D eigenvalue weighted by Crippen LogP contribution is 2.23. The second-order valence-corrected chi connectivity index (χ2v) is 5.16. The van der Waals surface area contributed by atoms with Gasteiger partial charge in [-0.1, -0.05) is 36.4 Å². The molecule has 0 unspecified atom stereocenters. The van der Waals surface area contributed by atoms with E-state index in [4.69, 9.17) is 9.47 Å². The summed E-state index contributed by atoms with van der Waals surface area (Å²) in [7, 11) is 0. The van der Waals surface area contributed by atoms with Crippen LogP contribution in [0.3, 0.4) is 0 Å². The molecule has 0 saturated carbocycles. The molecule has 1 fully saturated rings. The second kappa shape index (κ2) is 8.13. The minimum atomic E-state index is 0.370. The van der Waals surface area contributed by atoms with E-state index >= 15 is 0 Å². The fourth-order valence-corrected chi connectivity index (χ4v) is 2.53. The molecule has 1 aromatic rings. The lowest BCUT2D eigenvalue weighted by Gasteiger charge is -2.29. The van der Waals surface area contributed by atoms with Crippen molar-refractivity contribution in [2.45, 2.75) is 50.9 Å². The van der Waals surface area contributed by atoms with E-state index in [9.17, 15) is 0 Å². The molecule has 19 heavy (non-hydrogen) atoms. The Hall–Kier alpha value is -1.12. The summed E-state index contributed by atoms with van der Waals surface area (Å²) in [5.74, 6) is 0. The Kier molecular flexibility index (Phi) is 6.12. The van der Waals surface area contributed by atoms with Crippen molar-refractivity contribution < 1.29 is 9.47 Å². The minimum Gasteiger partial charge on any atom is -0.377 e. The van der Waals surface area contributed by atoms with Crippen LogP contribution in [-0.2, 0) is 16.1 Å². The maximum absolute atomic E-state index is 6.03. The number of ether oxygens (including phenoxy) is 2. The number of hydrogen-bond donors (Lipinski definition) is 0. The number of hydrogen-bond acceptors (Lipinski definition) is 2. The smallest absolute Gasteiger partial charge is 0.0716 e. The van der Waals surface area contributed by atoms with Crippen LogP contribution < -0.4 is 0 Å². The fraction of sp³-hybridized carbons (Fsp3) is 0.529. The van der Waals surface area contributed by atoms with Crippen molar-refractivity contribution in [3.63, 3.8) is 0 Å². The van der Waals surface area contributed by atoms with Crippen molar-refractivity contribution in [2.24, 2.45) is 0 Å². The molecule has 0 radical (unpaired) electrons. The SMILES string of the molecule is C=CC[C@H]1CCC[C@H](CCOCc2ccccc2)O1. The maximum Gasteiger partial charge on any atom is 0.0716 e. The van der Waals surface area contributed by atoms with Crippen molar-refractivity contribution in [1.29, 1.82) is 0 Å². The third kappa shape index (κ3) is 5.17. The van der Waals surface area contributed by atoms with Crippen molar-refractivity contribution in [3.8, 4) is 0 Å². The van der Waals surface area contributed by atoms with Crippen molar-refractivity contribution in [1.82, 2.24) is 0 Å². The lowest BCUT2D eigenvalue weighted by Crippen LogP contribution is -2.28. The summed E-state index contributed by atoms with van der Waals surface area (Å²) < 4.78 is 11.7. The van der Waals surface area contributed by atoms with E-state index in [2.05, 4.69) is 18.7 Å². The van der Waals surface area contributed by atoms with Crippen LogP contribution in [0.4, 0.5) is 0 Å². The van der Waals surface area contributed by atoms with Crippen LogP contribution >= 0.6 is 0 Å². The Bertz CT molecular complexity index is 361. The zero-order valence-electron chi connectivity index (χ0n) is 11.6. The molecule has 1 aliphatic rings. The van der Waals surface area contributed by atoms with E-state index in [1.165, 1.54) is 24.8 Å². The minimum absolute atomic E-state index is 0.370. The van der Waals surface area contributed by atoms with Crippen molar-refractivity contribution in [3.05, 3.63) is 48.6 Å². The Labute approximate surface area is 116 Å². The largest absolute Gasteiger partial charge is 0.377 e. The average molecular weight is 260 g/mol. The third-order valence-electron chi connectivity index (χ3n) is 3.56. The third-order valence-corrected chi connectivity index (χ3v) is 3.56. The van der Waals surface area contributed by atoms with Gasteiger partial charge >= 0.3 is 0 Å². The number of rotatable bonds is 7. The molecular formula is C17H24O2. The monoisotopic (exact) mass is 260 g/mol. The molecule has 0 spiro atoms. The zero-order valence-corrected chi connectivity index (χ0v) is 11.6. The van der Waals surface area contributed by atoms with Crippen LogP contribution in [0, 0.1) is 0 Å². The number of benzene rings is 1. The van der Waals surface area contributed by atoms with E-state index in [0.717, 1.165) is 19.4 Å². The fourth-order valence-electron chi connectivity index (χ4n) is 2.53. The van der Waals surface area contributed by atoms with Gasteiger partial charge in [0.1, 0.15) is 0 Å². The summed E-state index contributed by atoms with van der Waals surface area (Å²) in [5, 5.41) is 0. The van der Waals surface area contributed by atoms with Gasteiger partial charge in [-0.3, -0.25) is 0 Å². The maximum atomic E-state index is 6.03. The normalized spacial score (nSPS) is 23.2. The first-order valence-corrected chi connectivity index (χ1v) is 7.26. The predicted molar refractivity (Wildman–Crippen MR) is 78.0 cm³/mol. The van der Waals surface area contributed by atoms with E-state index in [0.29, 0.717) is 18.8 Å². The van der Waals surface area contributed by atoms with Crippen LogP contribution in [0.1, 0.15) is 37.7 Å². The highest BCUT2D eigenvalue weighted by Gasteiger charge is 2.20. The molecule has 0 bridgehead atoms. The Morgan fingerprint density at radius 3 is 2.79 bits per heavy atom. The molecule has 0 aliphatic carbocycles. The van der Waals surface area contributed by atoms with Crippen LogP contribution in [0.15, 0.2) is 43.0 Å². The molecule has 0 aromatic heterocycles. The Morgan fingerprint density at radius 2 is 2.00 bits per heavy atom. The van der Waals surface area contributed by atoms with Gasteiger partial charge < -0.3 is 9.47 Å². The Balaban J connectivity index is 1.61. The second-order valence-electron chi connectivity index (χ2n) is 5.16. The topological polar surface area (TPSA) is 18.5 Å². The molecule has 2 rings (SSSR count). The lowest BCUT2D eigenvalue weighted by molar-refractivity contribution is -0.0618. The first-order valence-electron chi connectivity index (χ1n) is 7.26. The lowest BCUT2D eigenvalue weighted by atomic mass is 10.0. The molecule has 0 amide bonds. The molecular weight excluding hydrogens is 236 g/mol. The summed E-state index contributed by atoms with van der Waals surface area (Å²) in [6, 6.07) is 10.3. The molecule has 0 N–H and O–H groups in total. The average Bonchev–Trinajstić information content (AvgIpc) is 2.46. The van der Waals surface area contributed by atoms with Gasteiger partial charge in [-0.2, -0.15) is 0 Å². The first-order chi connectivity index (χ1) is 9.38. The molecule has 2 nitrogen and oxygen atoms in total. The van der Waals surface area contributed by atoms with Gasteiger partial charge in [-0.15, -0.1) is 6.58 Å². The molecule has 2 heteroatoms. The van der Waals surface area contributed by atoms with Crippen LogP contribution in [0.5, 0.6) is 0 Å². The summed E-state index contributed by atoms with van der Waals surface area (Å²) in [4.78, 5) is 0. The van der Waals surface area contributed by atoms with Gasteiger partial charge in [0.2, 0.25) is 0 Å². The zero-order chi connectivity index (χ0) is 13.3. The summed E-state index contributed by atoms with van der Waals surface area (Å²) in [5.41, 5.74) is 1.23. The Morgan fingerprint density at radius 1 is 1.21 bits per heavy atom. The standard InChI is InChI=1S/C17H24O2/c1-2-7-16-10-6-11-17(19-16)12-13-18-14-15-8-4-3-5-9-15/h2-5,8-9,16-17H,1,6-7,10-14H2/t16-,17+/m0/s1. The summed E-state index contributed by atoms with van der Waals surface area (Å²) in [6.45, 7) is 5.26. The highest BCUT2D eigenvalue weighted by atomic mass is 16.5. The highest BCUT2D eigenvalue weighted by molar-refractivity contribution is 5.13. The van der Waals surface area contributed by atoms with Gasteiger partial charge in [0.05, 0.1) is 18.8 Å². The van der Waals surface area contributed by atoms with E-state index in [1.807, 2.05) is 24.3 Å². The molecule has 2 atom stereocenters. The van der Waals surface area contributed by atoms with Gasteiger partial charge in [-0.05, 0) is 37.7 Å². The van der Waals surface area contributed by atoms with Gasteiger partial charge in [0.25, 0.3) is 0 Å². The van der Waals surface area contributed by atoms with E-state index in [1.54, 1.807) is 0 Å². The van der Waals surface area contributed by atoms with Gasteiger partial charge in [0.15, 0.2) is 0 Å². The van der Waals surface area contributed by atoms with Gasteiger partial charge in [-0.25, -0.2) is 0 Å². The summed E-state index contributed by atoms with van der Waals surface area (Å²) in [6.07, 6.45) is 8.29. The molecule has 1 saturated heterocycles. The first kappa shape index (κ1) is 14.3. The predicted octanol–water partition coefficient (Wildman–Crippen LogP) is 4.11. The molecule has 1 aromatic carbocycles. The van der Waals surface area contributed by atoms with Crippen molar-refractivity contribution >= 4 is 0 Å². The van der Waals surface area contributed by atoms with E-state index in [-0.39, 0.29) is 0 Å². The quantitative estimate of drug-likeness (QED) is 0.542. The van der Waals surface area contributed by atoms with Crippen LogP contribution in [-0.4, -0.2) is 18.8 Å². The van der Waals surface area contributed by atoms with Crippen LogP contribution in [0.2, 0.25) is 0 Å². The van der Waals surface area contributed by atoms with Gasteiger partial charge in [0, 0.05) is 6.61 Å². The molecule has 104 valence electrons. The molecule has 1 heterocycles. The molecule has 1 aliphatic heterocycles. The summed E-state index contributed by atoms with van der Waals surface area (Å²) >= 11 is 0. The van der Waals surface area contributed by atoms with Crippen LogP contribution in [0.25, 0.3) is 0 Å². The van der Waals surface area contributed by atoms with Crippen molar-refractivity contribution in [2.75, 3.05) is 6.61 Å². The van der Waals surface area contributed by atoms with E-state index < -0.39 is 0 Å².